The first-order chi connectivity index (χ1) is 9.06. The van der Waals surface area contributed by atoms with Crippen LogP contribution in [0.4, 0.5) is 11.4 Å². The van der Waals surface area contributed by atoms with Gasteiger partial charge in [-0.05, 0) is 13.0 Å². The Bertz CT molecular complexity index is 642. The Balaban J connectivity index is 1.98. The Morgan fingerprint density at radius 1 is 1.58 bits per heavy atom. The molecule has 1 heterocycles. The molecular formula is C13H17N3O3. The number of rotatable bonds is 6. The summed E-state index contributed by atoms with van der Waals surface area (Å²) >= 11 is 0. The van der Waals surface area contributed by atoms with E-state index in [1.807, 2.05) is 6.92 Å². The van der Waals surface area contributed by atoms with Crippen LogP contribution in [-0.2, 0) is 4.74 Å². The number of benzene rings is 1. The molecule has 0 aliphatic carbocycles. The zero-order valence-corrected chi connectivity index (χ0v) is 10.8. The number of fused-ring (bicyclic) bond motifs is 1. The highest BCUT2D eigenvalue weighted by atomic mass is 16.5. The summed E-state index contributed by atoms with van der Waals surface area (Å²) in [7, 11) is 0. The van der Waals surface area contributed by atoms with Crippen molar-refractivity contribution >= 4 is 22.5 Å². The molecule has 2 aromatic rings. The molecule has 0 saturated carbocycles. The van der Waals surface area contributed by atoms with E-state index in [-0.39, 0.29) is 0 Å². The van der Waals surface area contributed by atoms with Crippen LogP contribution in [0, 0.1) is 0 Å². The van der Waals surface area contributed by atoms with E-state index in [1.54, 1.807) is 12.1 Å². The second-order valence-electron chi connectivity index (χ2n) is 4.39. The third-order valence-electron chi connectivity index (χ3n) is 2.50. The summed E-state index contributed by atoms with van der Waals surface area (Å²) < 4.78 is 10.3. The quantitative estimate of drug-likeness (QED) is 0.419. The number of aromatic amines is 1. The number of anilines is 2. The molecule has 0 aliphatic heterocycles. The molecule has 0 fully saturated rings. The number of ether oxygens (including phenoxy) is 1. The Hall–Kier alpha value is -2.21. The van der Waals surface area contributed by atoms with E-state index < -0.39 is 5.76 Å². The second-order valence-corrected chi connectivity index (χ2v) is 4.39. The molecule has 0 amide bonds. The normalized spacial score (nSPS) is 10.8. The van der Waals surface area contributed by atoms with Crippen molar-refractivity contribution in [3.63, 3.8) is 0 Å². The molecule has 6 heteroatoms. The summed E-state index contributed by atoms with van der Waals surface area (Å²) in [4.78, 5) is 13.6. The zero-order chi connectivity index (χ0) is 13.8. The van der Waals surface area contributed by atoms with E-state index in [9.17, 15) is 4.79 Å². The molecule has 6 nitrogen and oxygen atoms in total. The molecule has 2 rings (SSSR count). The maximum Gasteiger partial charge on any atom is 0.417 e. The lowest BCUT2D eigenvalue weighted by molar-refractivity contribution is 0.167. The number of hydrogen-bond acceptors (Lipinski definition) is 5. The first-order valence-electron chi connectivity index (χ1n) is 5.94. The first-order valence-corrected chi connectivity index (χ1v) is 5.94. The minimum Gasteiger partial charge on any atom is -0.408 e. The molecule has 0 spiro atoms. The predicted molar refractivity (Wildman–Crippen MR) is 75.4 cm³/mol. The number of H-pyrrole nitrogens is 1. The van der Waals surface area contributed by atoms with Crippen LogP contribution in [0.15, 0.2) is 33.5 Å². The van der Waals surface area contributed by atoms with Gasteiger partial charge >= 0.3 is 5.76 Å². The fourth-order valence-corrected chi connectivity index (χ4v) is 1.67. The van der Waals surface area contributed by atoms with E-state index in [0.29, 0.717) is 36.5 Å². The molecule has 1 aromatic carbocycles. The molecule has 102 valence electrons. The highest BCUT2D eigenvalue weighted by Crippen LogP contribution is 2.23. The maximum absolute atomic E-state index is 11.1. The molecule has 0 bridgehead atoms. The lowest BCUT2D eigenvalue weighted by Crippen LogP contribution is -2.11. The molecule has 0 unspecified atom stereocenters. The van der Waals surface area contributed by atoms with E-state index in [0.717, 1.165) is 11.3 Å². The highest BCUT2D eigenvalue weighted by molar-refractivity contribution is 5.85. The third-order valence-corrected chi connectivity index (χ3v) is 2.50. The Morgan fingerprint density at radius 3 is 3.11 bits per heavy atom. The summed E-state index contributed by atoms with van der Waals surface area (Å²) in [5.74, 6) is -0.489. The van der Waals surface area contributed by atoms with Crippen LogP contribution in [0.3, 0.4) is 0 Å². The zero-order valence-electron chi connectivity index (χ0n) is 10.8. The van der Waals surface area contributed by atoms with Crippen LogP contribution in [0.1, 0.15) is 6.92 Å². The average Bonchev–Trinajstić information content (AvgIpc) is 2.67. The summed E-state index contributed by atoms with van der Waals surface area (Å²) in [6, 6.07) is 3.36. The van der Waals surface area contributed by atoms with E-state index in [2.05, 4.69) is 16.9 Å². The lowest BCUT2D eigenvalue weighted by atomic mass is 10.2. The highest BCUT2D eigenvalue weighted by Gasteiger charge is 2.06. The molecule has 0 radical (unpaired) electrons. The smallest absolute Gasteiger partial charge is 0.408 e. The topological polar surface area (TPSA) is 93.3 Å². The van der Waals surface area contributed by atoms with E-state index >= 15 is 0 Å². The fourth-order valence-electron chi connectivity index (χ4n) is 1.67. The third kappa shape index (κ3) is 3.38. The number of oxazole rings is 1. The van der Waals surface area contributed by atoms with Gasteiger partial charge in [-0.25, -0.2) is 4.79 Å². The number of nitrogens with one attached hydrogen (secondary N) is 2. The molecule has 0 aliphatic rings. The van der Waals surface area contributed by atoms with Crippen LogP contribution in [0.25, 0.3) is 11.1 Å². The number of nitrogen functional groups attached to an aromatic ring is 1. The van der Waals surface area contributed by atoms with Gasteiger partial charge in [0.2, 0.25) is 0 Å². The van der Waals surface area contributed by atoms with Gasteiger partial charge in [0.05, 0.1) is 30.1 Å². The molecule has 0 atom stereocenters. The van der Waals surface area contributed by atoms with Crippen molar-refractivity contribution in [2.75, 3.05) is 30.8 Å². The second kappa shape index (κ2) is 5.62. The molecule has 0 saturated heterocycles. The molecular weight excluding hydrogens is 246 g/mol. The standard InChI is InChI=1S/C13H17N3O3/c1-8(2)7-18-4-3-15-10-6-11-12(5-9(10)14)19-13(17)16-11/h5-6,15H,1,3-4,7,14H2,2H3,(H,16,17). The van der Waals surface area contributed by atoms with Gasteiger partial charge < -0.3 is 20.2 Å². The Labute approximate surface area is 110 Å². The number of nitrogens with two attached hydrogens (primary N) is 1. The van der Waals surface area contributed by atoms with Crippen molar-refractivity contribution in [1.29, 1.82) is 0 Å². The van der Waals surface area contributed by atoms with Crippen LogP contribution in [0.5, 0.6) is 0 Å². The van der Waals surface area contributed by atoms with Gasteiger partial charge in [0, 0.05) is 12.6 Å². The van der Waals surface area contributed by atoms with Crippen molar-refractivity contribution in [2.24, 2.45) is 0 Å². The monoisotopic (exact) mass is 263 g/mol. The van der Waals surface area contributed by atoms with Gasteiger partial charge in [0.15, 0.2) is 5.58 Å². The largest absolute Gasteiger partial charge is 0.417 e. The predicted octanol–water partition coefficient (Wildman–Crippen LogP) is 1.71. The Morgan fingerprint density at radius 2 is 2.37 bits per heavy atom. The Kier molecular flexibility index (Phi) is 3.91. The SMILES string of the molecule is C=C(C)COCCNc1cc2[nH]c(=O)oc2cc1N. The van der Waals surface area contributed by atoms with Gasteiger partial charge in [-0.2, -0.15) is 0 Å². The molecule has 19 heavy (non-hydrogen) atoms. The van der Waals surface area contributed by atoms with Crippen molar-refractivity contribution in [3.05, 3.63) is 34.8 Å². The summed E-state index contributed by atoms with van der Waals surface area (Å²) in [6.07, 6.45) is 0. The van der Waals surface area contributed by atoms with Crippen LogP contribution >= 0.6 is 0 Å². The van der Waals surface area contributed by atoms with Gasteiger partial charge in [-0.3, -0.25) is 4.98 Å². The van der Waals surface area contributed by atoms with Crippen molar-refractivity contribution in [1.82, 2.24) is 4.98 Å². The van der Waals surface area contributed by atoms with Crippen molar-refractivity contribution in [2.45, 2.75) is 6.92 Å². The summed E-state index contributed by atoms with van der Waals surface area (Å²) in [5.41, 5.74) is 9.18. The number of aromatic nitrogens is 1. The van der Waals surface area contributed by atoms with E-state index in [1.165, 1.54) is 0 Å². The van der Waals surface area contributed by atoms with Gasteiger partial charge in [-0.1, -0.05) is 12.2 Å². The van der Waals surface area contributed by atoms with E-state index in [4.69, 9.17) is 14.9 Å². The van der Waals surface area contributed by atoms with Gasteiger partial charge in [0.25, 0.3) is 0 Å². The van der Waals surface area contributed by atoms with Crippen LogP contribution in [0.2, 0.25) is 0 Å². The van der Waals surface area contributed by atoms with Gasteiger partial charge in [0.1, 0.15) is 0 Å². The minimum absolute atomic E-state index is 0.451. The summed E-state index contributed by atoms with van der Waals surface area (Å²) in [5, 5.41) is 3.14. The minimum atomic E-state index is -0.489. The van der Waals surface area contributed by atoms with Crippen LogP contribution < -0.4 is 16.8 Å². The van der Waals surface area contributed by atoms with Crippen molar-refractivity contribution in [3.8, 4) is 0 Å². The maximum atomic E-state index is 11.1. The van der Waals surface area contributed by atoms with Gasteiger partial charge in [-0.15, -0.1) is 0 Å². The summed E-state index contributed by atoms with van der Waals surface area (Å²) in [6.45, 7) is 7.37. The fraction of sp³-hybridized carbons (Fsp3) is 0.308. The first kappa shape index (κ1) is 13.2. The lowest BCUT2D eigenvalue weighted by Gasteiger charge is -2.09. The van der Waals surface area contributed by atoms with Crippen LogP contribution in [-0.4, -0.2) is 24.7 Å². The number of hydrogen-bond donors (Lipinski definition) is 3. The molecule has 1 aromatic heterocycles. The molecule has 4 N–H and O–H groups in total. The average molecular weight is 263 g/mol. The van der Waals surface area contributed by atoms with Crippen molar-refractivity contribution < 1.29 is 9.15 Å².